The highest BCUT2D eigenvalue weighted by Crippen LogP contribution is 2.33. The number of fused-ring (bicyclic) bond motifs is 1. The maximum Gasteiger partial charge on any atom is 0.339 e. The number of Topliss-reactive ketones (excluding diaryl/α,β-unsaturated/α-hetero) is 1. The highest BCUT2D eigenvalue weighted by Gasteiger charge is 2.42. The molecular formula is C59H74FN7O10S. The van der Waals surface area contributed by atoms with E-state index in [2.05, 4.69) is 37.2 Å². The van der Waals surface area contributed by atoms with Crippen molar-refractivity contribution in [2.45, 2.75) is 140 Å². The molecule has 78 heavy (non-hydrogen) atoms. The SMILES string of the molecule is Cc1cccc(C[C@H](NC(=O)c2ccc(NC(=O)CCCCCNC(=O)CCCCCNC(=O)CCCCC3SC[C@H]4NC(=O)N[C@@H]34)cc2F)C(=O)N[C@@H](COCc2ccccc2)C(=O)COC(=O)c2c(C)cccc2C)c1. The maximum atomic E-state index is 15.7. The van der Waals surface area contributed by atoms with Crippen LogP contribution >= 0.6 is 11.8 Å². The van der Waals surface area contributed by atoms with Crippen molar-refractivity contribution < 1.29 is 52.2 Å². The minimum atomic E-state index is -1.30. The summed E-state index contributed by atoms with van der Waals surface area (Å²) in [6.45, 7) is 5.59. The van der Waals surface area contributed by atoms with Crippen molar-refractivity contribution in [3.05, 3.63) is 136 Å². The fourth-order valence-electron chi connectivity index (χ4n) is 9.40. The molecule has 0 spiro atoms. The Labute approximate surface area is 460 Å². The maximum absolute atomic E-state index is 15.7. The summed E-state index contributed by atoms with van der Waals surface area (Å²) in [5.41, 5.74) is 3.84. The van der Waals surface area contributed by atoms with E-state index in [1.165, 1.54) is 12.1 Å². The molecule has 7 N–H and O–H groups in total. The molecule has 418 valence electrons. The molecule has 5 atom stereocenters. The van der Waals surface area contributed by atoms with E-state index in [4.69, 9.17) is 9.47 Å². The van der Waals surface area contributed by atoms with Gasteiger partial charge in [0, 0.05) is 55.5 Å². The molecule has 2 saturated heterocycles. The summed E-state index contributed by atoms with van der Waals surface area (Å²) in [5, 5.41) is 20.2. The van der Waals surface area contributed by atoms with E-state index >= 15 is 4.39 Å². The first-order valence-corrected chi connectivity index (χ1v) is 28.0. The van der Waals surface area contributed by atoms with Gasteiger partial charge in [0.1, 0.15) is 17.9 Å². The van der Waals surface area contributed by atoms with Crippen LogP contribution in [0.25, 0.3) is 0 Å². The van der Waals surface area contributed by atoms with E-state index in [1.54, 1.807) is 44.2 Å². The smallest absolute Gasteiger partial charge is 0.339 e. The summed E-state index contributed by atoms with van der Waals surface area (Å²) in [7, 11) is 0. The number of aryl methyl sites for hydroxylation is 3. The van der Waals surface area contributed by atoms with Gasteiger partial charge in [0.2, 0.25) is 23.6 Å². The zero-order chi connectivity index (χ0) is 55.8. The van der Waals surface area contributed by atoms with E-state index < -0.39 is 48.1 Å². The van der Waals surface area contributed by atoms with Crippen LogP contribution in [0, 0.1) is 26.6 Å². The third kappa shape index (κ3) is 19.7. The number of hydrogen-bond acceptors (Lipinski definition) is 11. The number of rotatable bonds is 32. The number of unbranched alkanes of at least 4 members (excludes halogenated alkanes) is 5. The fraction of sp³-hybridized carbons (Fsp3) is 0.458. The van der Waals surface area contributed by atoms with Crippen LogP contribution in [0.4, 0.5) is 14.9 Å². The lowest BCUT2D eigenvalue weighted by atomic mass is 10.0. The Morgan fingerprint density at radius 1 is 0.692 bits per heavy atom. The number of thioether (sulfide) groups is 1. The van der Waals surface area contributed by atoms with Crippen LogP contribution in [0.3, 0.4) is 0 Å². The van der Waals surface area contributed by atoms with Crippen molar-refractivity contribution >= 4 is 64.8 Å². The van der Waals surface area contributed by atoms with Crippen molar-refractivity contribution in [3.8, 4) is 0 Å². The zero-order valence-corrected chi connectivity index (χ0v) is 45.7. The minimum Gasteiger partial charge on any atom is -0.454 e. The van der Waals surface area contributed by atoms with Gasteiger partial charge in [-0.2, -0.15) is 11.8 Å². The highest BCUT2D eigenvalue weighted by atomic mass is 32.2. The second-order valence-electron chi connectivity index (χ2n) is 20.0. The fourth-order valence-corrected chi connectivity index (χ4v) is 10.9. The van der Waals surface area contributed by atoms with E-state index in [0.29, 0.717) is 79.1 Å². The second-order valence-corrected chi connectivity index (χ2v) is 21.3. The van der Waals surface area contributed by atoms with Gasteiger partial charge in [-0.15, -0.1) is 0 Å². The van der Waals surface area contributed by atoms with Gasteiger partial charge in [0.05, 0.1) is 36.4 Å². The number of benzene rings is 4. The highest BCUT2D eigenvalue weighted by molar-refractivity contribution is 8.00. The number of ether oxygens (including phenoxy) is 2. The summed E-state index contributed by atoms with van der Waals surface area (Å²) >= 11 is 1.88. The number of carbonyl (C=O) groups excluding carboxylic acids is 8. The van der Waals surface area contributed by atoms with Gasteiger partial charge in [-0.05, 0) is 99.7 Å². The normalized spacial score (nSPS) is 16.2. The molecule has 6 rings (SSSR count). The van der Waals surface area contributed by atoms with Gasteiger partial charge in [0.25, 0.3) is 5.91 Å². The number of ketones is 1. The molecule has 2 aliphatic heterocycles. The quantitative estimate of drug-likeness (QED) is 0.0146. The average molecular weight is 1090 g/mol. The lowest BCUT2D eigenvalue weighted by Gasteiger charge is -2.23. The Balaban J connectivity index is 0.895. The minimum absolute atomic E-state index is 0.0233. The average Bonchev–Trinajstić information content (AvgIpc) is 3.99. The van der Waals surface area contributed by atoms with Gasteiger partial charge in [-0.25, -0.2) is 14.0 Å². The van der Waals surface area contributed by atoms with Crippen molar-refractivity contribution in [2.24, 2.45) is 0 Å². The largest absolute Gasteiger partial charge is 0.454 e. The predicted octanol–water partition coefficient (Wildman–Crippen LogP) is 7.24. The lowest BCUT2D eigenvalue weighted by molar-refractivity contribution is -0.132. The van der Waals surface area contributed by atoms with Gasteiger partial charge in [-0.1, -0.05) is 97.6 Å². The Morgan fingerprint density at radius 3 is 2.03 bits per heavy atom. The van der Waals surface area contributed by atoms with Crippen LogP contribution in [0.1, 0.15) is 126 Å². The number of esters is 1. The van der Waals surface area contributed by atoms with Crippen LogP contribution in [0.15, 0.2) is 91.0 Å². The molecule has 1 unspecified atom stereocenters. The monoisotopic (exact) mass is 1090 g/mol. The van der Waals surface area contributed by atoms with Crippen LogP contribution in [0.2, 0.25) is 0 Å². The molecule has 7 amide bonds. The number of amides is 7. The van der Waals surface area contributed by atoms with Crippen LogP contribution in [-0.2, 0) is 46.5 Å². The molecule has 0 radical (unpaired) electrons. The summed E-state index contributed by atoms with van der Waals surface area (Å²) in [6, 6.07) is 23.1. The number of nitrogens with one attached hydrogen (secondary N) is 7. The van der Waals surface area contributed by atoms with Crippen LogP contribution in [-0.4, -0.2) is 109 Å². The molecule has 17 nitrogen and oxygen atoms in total. The molecule has 0 aromatic heterocycles. The third-order valence-electron chi connectivity index (χ3n) is 13.7. The number of halogens is 1. The van der Waals surface area contributed by atoms with Crippen LogP contribution < -0.4 is 37.2 Å². The first-order valence-electron chi connectivity index (χ1n) is 27.0. The molecule has 4 aromatic rings. The second kappa shape index (κ2) is 31.3. The Morgan fingerprint density at radius 2 is 1.35 bits per heavy atom. The van der Waals surface area contributed by atoms with Crippen molar-refractivity contribution in [1.29, 1.82) is 0 Å². The molecule has 0 aliphatic carbocycles. The number of carbonyl (C=O) groups is 8. The standard InChI is InChI=1S/C59H74FN7O10S/c1-38-17-15-22-42(31-38)32-46(57(73)65-47(35-76-34-41-20-7-4-8-21-41)49(68)36-77-58(74)54-39(2)18-16-19-40(54)3)64-56(72)44-28-27-43(33-45(44)60)63-53(71)26-10-6-14-30-61-51(69)24-9-5-13-29-62-52(70)25-12-11-23-50-55-48(37-78-50)66-59(75)67-55/h4,7-8,15-22,27-28,31,33,46-48,50,55H,5-6,9-14,23-26,29-30,32,34-37H2,1-3H3,(H,61,69)(H,62,70)(H,63,71)(H,64,72)(H,65,73)(H2,66,67,75)/t46-,47-,48+,50?,55+/m0/s1. The predicted molar refractivity (Wildman–Crippen MR) is 297 cm³/mol. The molecule has 0 saturated carbocycles. The molecular weight excluding hydrogens is 1020 g/mol. The molecule has 2 fully saturated rings. The van der Waals surface area contributed by atoms with Gasteiger partial charge in [-0.3, -0.25) is 28.8 Å². The number of urea groups is 1. The van der Waals surface area contributed by atoms with E-state index in [0.717, 1.165) is 55.1 Å². The Kier molecular flexibility index (Phi) is 24.1. The van der Waals surface area contributed by atoms with Gasteiger partial charge in [0.15, 0.2) is 12.4 Å². The Bertz CT molecular complexity index is 2690. The summed E-state index contributed by atoms with van der Waals surface area (Å²) in [4.78, 5) is 104. The topological polar surface area (TPSA) is 239 Å². The van der Waals surface area contributed by atoms with Crippen LogP contribution in [0.5, 0.6) is 0 Å². The molecule has 19 heteroatoms. The van der Waals surface area contributed by atoms with Gasteiger partial charge >= 0.3 is 12.0 Å². The summed E-state index contributed by atoms with van der Waals surface area (Å²) in [6.07, 6.45) is 7.89. The lowest BCUT2D eigenvalue weighted by Crippen LogP contribution is -2.54. The van der Waals surface area contributed by atoms with E-state index in [-0.39, 0.29) is 73.1 Å². The molecule has 2 heterocycles. The van der Waals surface area contributed by atoms with Gasteiger partial charge < -0.3 is 46.7 Å². The van der Waals surface area contributed by atoms with Crippen molar-refractivity contribution in [3.63, 3.8) is 0 Å². The Hall–Kier alpha value is -7.12. The van der Waals surface area contributed by atoms with E-state index in [9.17, 15) is 38.4 Å². The van der Waals surface area contributed by atoms with Crippen molar-refractivity contribution in [1.82, 2.24) is 31.9 Å². The van der Waals surface area contributed by atoms with Crippen molar-refractivity contribution in [2.75, 3.05) is 37.4 Å². The molecule has 4 aromatic carbocycles. The summed E-state index contributed by atoms with van der Waals surface area (Å²) < 4.78 is 27.0. The third-order valence-corrected chi connectivity index (χ3v) is 15.2. The van der Waals surface area contributed by atoms with E-state index in [1.807, 2.05) is 61.2 Å². The summed E-state index contributed by atoms with van der Waals surface area (Å²) in [5.74, 6) is -3.40. The first-order chi connectivity index (χ1) is 37.6. The number of hydrogen-bond donors (Lipinski definition) is 7. The molecule has 2 aliphatic rings. The number of anilines is 1. The molecule has 0 bridgehead atoms. The first kappa shape index (κ1) is 60.1. The zero-order valence-electron chi connectivity index (χ0n) is 44.9.